The first-order valence-corrected chi connectivity index (χ1v) is 11.1. The van der Waals surface area contributed by atoms with Crippen LogP contribution in [-0.4, -0.2) is 38.1 Å². The van der Waals surface area contributed by atoms with Gasteiger partial charge in [0.25, 0.3) is 0 Å². The summed E-state index contributed by atoms with van der Waals surface area (Å²) in [6.07, 6.45) is 9.80. The summed E-state index contributed by atoms with van der Waals surface area (Å²) >= 11 is 0. The molecule has 0 aromatic heterocycles. The molecule has 154 valence electrons. The summed E-state index contributed by atoms with van der Waals surface area (Å²) in [6, 6.07) is 6.03. The smallest absolute Gasteiger partial charge is 0.224 e. The third-order valence-electron chi connectivity index (χ3n) is 7.20. The van der Waals surface area contributed by atoms with Crippen molar-refractivity contribution in [3.05, 3.63) is 23.8 Å². The van der Waals surface area contributed by atoms with E-state index in [1.165, 1.54) is 38.5 Å². The van der Waals surface area contributed by atoms with E-state index in [1.54, 1.807) is 0 Å². The Morgan fingerprint density at radius 3 is 2.39 bits per heavy atom. The minimum absolute atomic E-state index is 0.190. The van der Waals surface area contributed by atoms with Crippen molar-refractivity contribution in [1.29, 1.82) is 0 Å². The highest BCUT2D eigenvalue weighted by Crippen LogP contribution is 2.61. The Morgan fingerprint density at radius 1 is 1.14 bits per heavy atom. The number of benzene rings is 1. The van der Waals surface area contributed by atoms with Gasteiger partial charge in [-0.05, 0) is 101 Å². The molecule has 4 fully saturated rings. The molecule has 4 heteroatoms. The van der Waals surface area contributed by atoms with Crippen LogP contribution in [0.2, 0.25) is 0 Å². The molecule has 4 aliphatic carbocycles. The van der Waals surface area contributed by atoms with Crippen molar-refractivity contribution in [3.8, 4) is 5.75 Å². The monoisotopic (exact) mass is 384 g/mol. The van der Waals surface area contributed by atoms with Crippen molar-refractivity contribution in [3.63, 3.8) is 0 Å². The zero-order valence-electron chi connectivity index (χ0n) is 17.8. The number of carbonyl (C=O) groups is 1. The number of hydrogen-bond acceptors (Lipinski definition) is 3. The first-order chi connectivity index (χ1) is 13.4. The van der Waals surface area contributed by atoms with Gasteiger partial charge in [0.2, 0.25) is 5.91 Å². The Hall–Kier alpha value is -1.55. The van der Waals surface area contributed by atoms with Crippen molar-refractivity contribution >= 4 is 11.6 Å². The summed E-state index contributed by atoms with van der Waals surface area (Å²) in [4.78, 5) is 15.1. The second-order valence-electron chi connectivity index (χ2n) is 10.1. The molecule has 0 unspecified atom stereocenters. The Labute approximate surface area is 170 Å². The van der Waals surface area contributed by atoms with E-state index in [1.807, 2.05) is 18.2 Å². The van der Waals surface area contributed by atoms with Crippen molar-refractivity contribution in [1.82, 2.24) is 4.90 Å². The van der Waals surface area contributed by atoms with Gasteiger partial charge in [-0.2, -0.15) is 0 Å². The van der Waals surface area contributed by atoms with Crippen LogP contribution in [0.15, 0.2) is 18.2 Å². The SMILES string of the molecule is Cc1ccc(OCCCN(C)C)cc1NC(=O)CC12CC3CC(CC(C3)C1)C2. The van der Waals surface area contributed by atoms with Crippen molar-refractivity contribution in [2.24, 2.45) is 23.2 Å². The van der Waals surface area contributed by atoms with Crippen LogP contribution < -0.4 is 10.1 Å². The first kappa shape index (κ1) is 19.8. The van der Waals surface area contributed by atoms with Crippen molar-refractivity contribution in [2.75, 3.05) is 32.6 Å². The predicted molar refractivity (Wildman–Crippen MR) is 114 cm³/mol. The zero-order chi connectivity index (χ0) is 19.7. The maximum Gasteiger partial charge on any atom is 0.224 e. The molecule has 0 spiro atoms. The largest absolute Gasteiger partial charge is 0.493 e. The van der Waals surface area contributed by atoms with Gasteiger partial charge in [-0.25, -0.2) is 0 Å². The number of ether oxygens (including phenoxy) is 1. The number of nitrogens with one attached hydrogen (secondary N) is 1. The number of carbonyl (C=O) groups excluding carboxylic acids is 1. The lowest BCUT2D eigenvalue weighted by Gasteiger charge is -2.56. The van der Waals surface area contributed by atoms with Gasteiger partial charge in [0.1, 0.15) is 5.75 Å². The molecule has 1 N–H and O–H groups in total. The van der Waals surface area contributed by atoms with E-state index in [0.29, 0.717) is 13.0 Å². The van der Waals surface area contributed by atoms with E-state index < -0.39 is 0 Å². The van der Waals surface area contributed by atoms with Crippen LogP contribution in [0.5, 0.6) is 5.75 Å². The molecule has 1 aromatic carbocycles. The predicted octanol–water partition coefficient (Wildman–Crippen LogP) is 4.87. The lowest BCUT2D eigenvalue weighted by atomic mass is 9.49. The second-order valence-corrected chi connectivity index (χ2v) is 10.1. The Balaban J connectivity index is 1.34. The van der Waals surface area contributed by atoms with Gasteiger partial charge in [0.15, 0.2) is 0 Å². The number of rotatable bonds is 8. The topological polar surface area (TPSA) is 41.6 Å². The molecule has 5 rings (SSSR count). The number of hydrogen-bond donors (Lipinski definition) is 1. The summed E-state index contributed by atoms with van der Waals surface area (Å²) in [5.41, 5.74) is 2.28. The standard InChI is InChI=1S/C24H36N2O2/c1-17-5-6-21(28-8-4-7-26(2)3)12-22(17)25-23(27)16-24-13-18-9-19(14-24)11-20(10-18)15-24/h5-6,12,18-20H,4,7-11,13-16H2,1-3H3,(H,25,27). The van der Waals surface area contributed by atoms with Gasteiger partial charge in [-0.1, -0.05) is 6.07 Å². The maximum atomic E-state index is 12.9. The molecule has 4 saturated carbocycles. The van der Waals surface area contributed by atoms with E-state index in [9.17, 15) is 4.79 Å². The number of anilines is 1. The summed E-state index contributed by atoms with van der Waals surface area (Å²) < 4.78 is 5.89. The molecule has 0 saturated heterocycles. The number of nitrogens with zero attached hydrogens (tertiary/aromatic N) is 1. The normalized spacial score (nSPS) is 30.6. The summed E-state index contributed by atoms with van der Waals surface area (Å²) in [6.45, 7) is 3.76. The molecular weight excluding hydrogens is 348 g/mol. The van der Waals surface area contributed by atoms with E-state index in [4.69, 9.17) is 4.74 Å². The molecular formula is C24H36N2O2. The minimum atomic E-state index is 0.190. The van der Waals surface area contributed by atoms with Crippen LogP contribution in [0.25, 0.3) is 0 Å². The third-order valence-corrected chi connectivity index (χ3v) is 7.20. The van der Waals surface area contributed by atoms with Gasteiger partial charge >= 0.3 is 0 Å². The number of amides is 1. The molecule has 4 nitrogen and oxygen atoms in total. The van der Waals surface area contributed by atoms with Crippen molar-refractivity contribution in [2.45, 2.75) is 58.3 Å². The summed E-state index contributed by atoms with van der Waals surface area (Å²) in [5, 5.41) is 3.21. The van der Waals surface area contributed by atoms with E-state index in [-0.39, 0.29) is 11.3 Å². The highest BCUT2D eigenvalue weighted by Gasteiger charge is 2.51. The fourth-order valence-corrected chi connectivity index (χ4v) is 6.44. The Bertz CT molecular complexity index is 677. The maximum absolute atomic E-state index is 12.9. The van der Waals surface area contributed by atoms with Crippen LogP contribution in [0.1, 0.15) is 56.9 Å². The molecule has 0 atom stereocenters. The minimum Gasteiger partial charge on any atom is -0.493 e. The van der Waals surface area contributed by atoms with E-state index >= 15 is 0 Å². The third kappa shape index (κ3) is 4.53. The van der Waals surface area contributed by atoms with Gasteiger partial charge in [-0.15, -0.1) is 0 Å². The van der Waals surface area contributed by atoms with Gasteiger partial charge < -0.3 is 15.0 Å². The average Bonchev–Trinajstić information content (AvgIpc) is 2.59. The first-order valence-electron chi connectivity index (χ1n) is 11.1. The molecule has 28 heavy (non-hydrogen) atoms. The molecule has 0 heterocycles. The van der Waals surface area contributed by atoms with E-state index in [0.717, 1.165) is 47.7 Å². The van der Waals surface area contributed by atoms with Crippen LogP contribution in [0, 0.1) is 30.1 Å². The van der Waals surface area contributed by atoms with Gasteiger partial charge in [-0.3, -0.25) is 4.79 Å². The van der Waals surface area contributed by atoms with Gasteiger partial charge in [0, 0.05) is 24.7 Å². The lowest BCUT2D eigenvalue weighted by Crippen LogP contribution is -2.47. The second kappa shape index (κ2) is 8.06. The molecule has 0 radical (unpaired) electrons. The van der Waals surface area contributed by atoms with Crippen LogP contribution >= 0.6 is 0 Å². The van der Waals surface area contributed by atoms with Crippen molar-refractivity contribution < 1.29 is 9.53 Å². The quantitative estimate of drug-likeness (QED) is 0.650. The molecule has 4 bridgehead atoms. The molecule has 0 aliphatic heterocycles. The summed E-state index contributed by atoms with van der Waals surface area (Å²) in [7, 11) is 4.15. The fraction of sp³-hybridized carbons (Fsp3) is 0.708. The highest BCUT2D eigenvalue weighted by atomic mass is 16.5. The Morgan fingerprint density at radius 2 is 1.79 bits per heavy atom. The molecule has 1 amide bonds. The molecule has 4 aliphatic rings. The van der Waals surface area contributed by atoms with E-state index in [2.05, 4.69) is 31.2 Å². The number of aryl methyl sites for hydroxylation is 1. The van der Waals surface area contributed by atoms with Crippen LogP contribution in [-0.2, 0) is 4.79 Å². The van der Waals surface area contributed by atoms with Gasteiger partial charge in [0.05, 0.1) is 6.61 Å². The summed E-state index contributed by atoms with van der Waals surface area (Å²) in [5.74, 6) is 3.70. The lowest BCUT2D eigenvalue weighted by molar-refractivity contribution is -0.124. The fourth-order valence-electron chi connectivity index (χ4n) is 6.44. The zero-order valence-corrected chi connectivity index (χ0v) is 17.8. The highest BCUT2D eigenvalue weighted by molar-refractivity contribution is 5.92. The molecule has 1 aromatic rings. The average molecular weight is 385 g/mol. The van der Waals surface area contributed by atoms with Crippen LogP contribution in [0.3, 0.4) is 0 Å². The Kier molecular flexibility index (Phi) is 5.69. The van der Waals surface area contributed by atoms with Crippen LogP contribution in [0.4, 0.5) is 5.69 Å².